The van der Waals surface area contributed by atoms with E-state index in [-0.39, 0.29) is 0 Å². The zero-order valence-electron chi connectivity index (χ0n) is 14.6. The van der Waals surface area contributed by atoms with Crippen LogP contribution in [0, 0.1) is 5.92 Å². The monoisotopic (exact) mass is 338 g/mol. The summed E-state index contributed by atoms with van der Waals surface area (Å²) in [4.78, 5) is 13.5. The van der Waals surface area contributed by atoms with Crippen LogP contribution >= 0.6 is 0 Å². The predicted octanol–water partition coefficient (Wildman–Crippen LogP) is 2.20. The second-order valence-corrected chi connectivity index (χ2v) is 7.15. The Morgan fingerprint density at radius 2 is 1.60 bits per heavy atom. The molecule has 0 aromatic carbocycles. The van der Waals surface area contributed by atoms with Crippen LogP contribution in [0.1, 0.15) is 17.5 Å². The van der Waals surface area contributed by atoms with Crippen LogP contribution in [-0.4, -0.2) is 58.7 Å². The molecule has 2 aromatic heterocycles. The van der Waals surface area contributed by atoms with Crippen LogP contribution in [-0.2, 0) is 17.8 Å². The quantitative estimate of drug-likeness (QED) is 0.855. The van der Waals surface area contributed by atoms with Gasteiger partial charge in [0.15, 0.2) is 0 Å². The number of pyridine rings is 2. The van der Waals surface area contributed by atoms with Gasteiger partial charge in [-0.05, 0) is 36.2 Å². The molecule has 2 atom stereocenters. The lowest BCUT2D eigenvalue weighted by Gasteiger charge is -2.38. The van der Waals surface area contributed by atoms with Gasteiger partial charge < -0.3 is 4.74 Å². The molecule has 0 saturated carbocycles. The van der Waals surface area contributed by atoms with Crippen molar-refractivity contribution in [3.05, 3.63) is 60.2 Å². The Labute approximate surface area is 149 Å². The lowest BCUT2D eigenvalue weighted by molar-refractivity contribution is -0.0242. The number of nitrogens with zero attached hydrogens (tertiary/aromatic N) is 4. The molecule has 0 N–H and O–H groups in total. The summed E-state index contributed by atoms with van der Waals surface area (Å²) < 4.78 is 6.23. The zero-order chi connectivity index (χ0) is 16.9. The molecule has 0 amide bonds. The molecular weight excluding hydrogens is 312 g/mol. The van der Waals surface area contributed by atoms with Gasteiger partial charge in [-0.3, -0.25) is 19.8 Å². The Morgan fingerprint density at radius 3 is 2.24 bits per heavy atom. The van der Waals surface area contributed by atoms with E-state index >= 15 is 0 Å². The van der Waals surface area contributed by atoms with Crippen LogP contribution in [0.15, 0.2) is 49.1 Å². The third kappa shape index (κ3) is 4.42. The maximum Gasteiger partial charge on any atom is 0.0743 e. The van der Waals surface area contributed by atoms with Crippen molar-refractivity contribution in [3.8, 4) is 0 Å². The second kappa shape index (κ2) is 8.04. The number of fused-ring (bicyclic) bond motifs is 1. The summed E-state index contributed by atoms with van der Waals surface area (Å²) in [5.41, 5.74) is 2.57. The van der Waals surface area contributed by atoms with E-state index in [1.807, 2.05) is 36.9 Å². The number of hydrogen-bond donors (Lipinski definition) is 0. The van der Waals surface area contributed by atoms with Crippen molar-refractivity contribution in [1.29, 1.82) is 0 Å². The number of ether oxygens (including phenoxy) is 1. The van der Waals surface area contributed by atoms with Gasteiger partial charge in [0.1, 0.15) is 0 Å². The highest BCUT2D eigenvalue weighted by Gasteiger charge is 2.33. The van der Waals surface area contributed by atoms with Crippen LogP contribution in [0.3, 0.4) is 0 Å². The molecule has 2 fully saturated rings. The molecular formula is C20H26N4O. The van der Waals surface area contributed by atoms with Gasteiger partial charge in [0.25, 0.3) is 0 Å². The van der Waals surface area contributed by atoms with E-state index in [1.165, 1.54) is 17.5 Å². The third-order valence-corrected chi connectivity index (χ3v) is 5.27. The van der Waals surface area contributed by atoms with Gasteiger partial charge in [0, 0.05) is 63.4 Å². The molecule has 4 heterocycles. The van der Waals surface area contributed by atoms with Crippen molar-refractivity contribution < 1.29 is 4.74 Å². The summed E-state index contributed by atoms with van der Waals surface area (Å²) in [5.74, 6) is 0.629. The molecule has 0 unspecified atom stereocenters. The van der Waals surface area contributed by atoms with E-state index < -0.39 is 0 Å². The highest BCUT2D eigenvalue weighted by molar-refractivity contribution is 5.09. The van der Waals surface area contributed by atoms with Crippen LogP contribution in [0.5, 0.6) is 0 Å². The Kier molecular flexibility index (Phi) is 5.35. The fourth-order valence-corrected chi connectivity index (χ4v) is 3.97. The van der Waals surface area contributed by atoms with Gasteiger partial charge >= 0.3 is 0 Å². The molecule has 2 aliphatic heterocycles. The van der Waals surface area contributed by atoms with E-state index in [4.69, 9.17) is 4.74 Å². The average Bonchev–Trinajstić information content (AvgIpc) is 2.85. The van der Waals surface area contributed by atoms with Gasteiger partial charge in [-0.2, -0.15) is 0 Å². The maximum absolute atomic E-state index is 6.23. The lowest BCUT2D eigenvalue weighted by Crippen LogP contribution is -2.46. The van der Waals surface area contributed by atoms with Gasteiger partial charge in [0.2, 0.25) is 0 Å². The molecule has 25 heavy (non-hydrogen) atoms. The number of hydrogen-bond acceptors (Lipinski definition) is 5. The highest BCUT2D eigenvalue weighted by atomic mass is 16.5. The Hall–Kier alpha value is -1.82. The number of rotatable bonds is 4. The summed E-state index contributed by atoms with van der Waals surface area (Å²) in [6.45, 7) is 7.06. The number of piperidine rings is 1. The molecule has 2 saturated heterocycles. The first kappa shape index (κ1) is 16.6. The van der Waals surface area contributed by atoms with Crippen molar-refractivity contribution in [2.45, 2.75) is 25.6 Å². The SMILES string of the molecule is c1cncc(CN2CCO[C@H]3CN(Cc4cccnc4)CC[C@H]3C2)c1. The highest BCUT2D eigenvalue weighted by Crippen LogP contribution is 2.25. The molecule has 5 heteroatoms. The maximum atomic E-state index is 6.23. The van der Waals surface area contributed by atoms with Crippen LogP contribution < -0.4 is 0 Å². The Bertz CT molecular complexity index is 651. The molecule has 0 aliphatic carbocycles. The van der Waals surface area contributed by atoms with Crippen molar-refractivity contribution in [3.63, 3.8) is 0 Å². The third-order valence-electron chi connectivity index (χ3n) is 5.27. The van der Waals surface area contributed by atoms with Crippen LogP contribution in [0.2, 0.25) is 0 Å². The van der Waals surface area contributed by atoms with E-state index in [0.717, 1.165) is 45.9 Å². The lowest BCUT2D eigenvalue weighted by atomic mass is 9.93. The minimum absolute atomic E-state index is 0.351. The van der Waals surface area contributed by atoms with Crippen molar-refractivity contribution >= 4 is 0 Å². The predicted molar refractivity (Wildman–Crippen MR) is 96.9 cm³/mol. The van der Waals surface area contributed by atoms with Crippen molar-refractivity contribution in [2.75, 3.05) is 32.8 Å². The summed E-state index contributed by atoms with van der Waals surface area (Å²) in [6.07, 6.45) is 9.16. The fourth-order valence-electron chi connectivity index (χ4n) is 3.97. The summed E-state index contributed by atoms with van der Waals surface area (Å²) >= 11 is 0. The fraction of sp³-hybridized carbons (Fsp3) is 0.500. The summed E-state index contributed by atoms with van der Waals surface area (Å²) in [7, 11) is 0. The largest absolute Gasteiger partial charge is 0.375 e. The topological polar surface area (TPSA) is 41.5 Å². The molecule has 2 aliphatic rings. The van der Waals surface area contributed by atoms with Crippen molar-refractivity contribution in [2.24, 2.45) is 5.92 Å². The van der Waals surface area contributed by atoms with Gasteiger partial charge in [-0.15, -0.1) is 0 Å². The van der Waals surface area contributed by atoms with Gasteiger partial charge in [0.05, 0.1) is 12.7 Å². The first-order valence-electron chi connectivity index (χ1n) is 9.21. The molecule has 4 rings (SSSR count). The molecule has 132 valence electrons. The van der Waals surface area contributed by atoms with Gasteiger partial charge in [-0.25, -0.2) is 0 Å². The Balaban J connectivity index is 1.34. The van der Waals surface area contributed by atoms with Crippen LogP contribution in [0.25, 0.3) is 0 Å². The van der Waals surface area contributed by atoms with E-state index in [2.05, 4.69) is 31.9 Å². The van der Waals surface area contributed by atoms with Crippen molar-refractivity contribution in [1.82, 2.24) is 19.8 Å². The van der Waals surface area contributed by atoms with E-state index in [9.17, 15) is 0 Å². The first-order chi connectivity index (χ1) is 12.4. The minimum atomic E-state index is 0.351. The zero-order valence-corrected chi connectivity index (χ0v) is 14.6. The summed E-state index contributed by atoms with van der Waals surface area (Å²) in [6, 6.07) is 8.35. The van der Waals surface area contributed by atoms with Crippen LogP contribution in [0.4, 0.5) is 0 Å². The van der Waals surface area contributed by atoms with Gasteiger partial charge in [-0.1, -0.05) is 12.1 Å². The second-order valence-electron chi connectivity index (χ2n) is 7.15. The summed E-state index contributed by atoms with van der Waals surface area (Å²) in [5, 5.41) is 0. The normalized spacial score (nSPS) is 25.3. The van der Waals surface area contributed by atoms with E-state index in [1.54, 1.807) is 0 Å². The molecule has 2 aromatic rings. The Morgan fingerprint density at radius 1 is 0.920 bits per heavy atom. The average molecular weight is 338 g/mol. The smallest absolute Gasteiger partial charge is 0.0743 e. The molecule has 0 radical (unpaired) electrons. The standard InChI is InChI=1S/C20H26N4O/c1-3-17(11-21-6-1)13-23-8-5-19-15-24(9-10-25-20(19)16-23)14-18-4-2-7-22-12-18/h1-4,6-7,11-12,19-20H,5,8-10,13-16H2/t19-,20-/m0/s1. The first-order valence-corrected chi connectivity index (χ1v) is 9.21. The molecule has 5 nitrogen and oxygen atoms in total. The number of likely N-dealkylation sites (tertiary alicyclic amines) is 1. The molecule has 0 spiro atoms. The van der Waals surface area contributed by atoms with E-state index in [0.29, 0.717) is 12.0 Å². The molecule has 0 bridgehead atoms. The number of aromatic nitrogens is 2. The minimum Gasteiger partial charge on any atom is -0.375 e.